The Labute approximate surface area is 513 Å². The normalized spacial score (nSPS) is 31.9. The van der Waals surface area contributed by atoms with E-state index in [2.05, 4.69) is 0 Å². The molecular formula is C60H68O30. The van der Waals surface area contributed by atoms with Crippen LogP contribution in [-0.2, 0) is 124 Å². The van der Waals surface area contributed by atoms with Crippen molar-refractivity contribution >= 4 is 59.7 Å². The summed E-state index contributed by atoms with van der Waals surface area (Å²) < 4.78 is 113. The topological polar surface area (TPSA) is 366 Å². The van der Waals surface area contributed by atoms with E-state index in [9.17, 15) is 53.1 Å². The summed E-state index contributed by atoms with van der Waals surface area (Å²) in [6.45, 7) is 5.82. The van der Waals surface area contributed by atoms with Crippen LogP contribution in [0.1, 0.15) is 86.5 Å². The van der Waals surface area contributed by atoms with E-state index < -0.39 is 209 Å². The number of fused-ring (bicyclic) bond motifs is 1. The maximum Gasteiger partial charge on any atom is 0.338 e. The minimum atomic E-state index is -1.89. The molecule has 30 heteroatoms. The highest BCUT2D eigenvalue weighted by Crippen LogP contribution is 2.39. The SMILES string of the molecule is CC(=O)OC[C@H]1O[C@@H](OC[C@H]2O[C@@H](OC[C@H]3O[C@@H]4OC(C)O[C@@H]4[C@@H](O[C@@H]4O[C@@H](COC(=O)c5ccccc5)[C@H](OC(=O)c5ccccc5)[C@H]4OC(=O)c4ccccc4)[C@H]3O)[C@H](OC(C)=O)[C@@H](OC(C)=O)[C@H]2OC(C)=O)[C@H](OC(C)=O)[C@@H](OC(C)=O)[C@H]1OC(C)=O. The van der Waals surface area contributed by atoms with Gasteiger partial charge in [-0.05, 0) is 43.3 Å². The van der Waals surface area contributed by atoms with Crippen LogP contribution in [0.2, 0.25) is 0 Å². The predicted octanol–water partition coefficient (Wildman–Crippen LogP) is 1.89. The number of hydrogen-bond acceptors (Lipinski definition) is 30. The van der Waals surface area contributed by atoms with Crippen molar-refractivity contribution < 1.29 is 143 Å². The van der Waals surface area contributed by atoms with Gasteiger partial charge < -0.3 is 95.1 Å². The Morgan fingerprint density at radius 2 is 0.711 bits per heavy atom. The molecule has 5 heterocycles. The highest BCUT2D eigenvalue weighted by atomic mass is 16.8. The molecule has 0 radical (unpaired) electrons. The average molecular weight is 1270 g/mol. The predicted molar refractivity (Wildman–Crippen MR) is 291 cm³/mol. The van der Waals surface area contributed by atoms with Crippen molar-refractivity contribution in [2.24, 2.45) is 0 Å². The summed E-state index contributed by atoms with van der Waals surface area (Å²) in [5, 5.41) is 12.5. The summed E-state index contributed by atoms with van der Waals surface area (Å²) in [5.74, 6) is -9.18. The van der Waals surface area contributed by atoms with Crippen LogP contribution in [0, 0.1) is 0 Å². The van der Waals surface area contributed by atoms with Crippen molar-refractivity contribution in [2.45, 2.75) is 178 Å². The molecule has 20 atom stereocenters. The van der Waals surface area contributed by atoms with Gasteiger partial charge in [-0.25, -0.2) is 14.4 Å². The third kappa shape index (κ3) is 17.7. The molecule has 1 unspecified atom stereocenters. The molecule has 3 aromatic carbocycles. The molecule has 0 spiro atoms. The van der Waals surface area contributed by atoms with Crippen LogP contribution in [0.3, 0.4) is 0 Å². The van der Waals surface area contributed by atoms with Gasteiger partial charge in [0.05, 0.1) is 29.9 Å². The van der Waals surface area contributed by atoms with Crippen LogP contribution in [-0.4, -0.2) is 214 Å². The zero-order valence-corrected chi connectivity index (χ0v) is 49.8. The van der Waals surface area contributed by atoms with E-state index in [1.165, 1.54) is 43.3 Å². The second kappa shape index (κ2) is 31.1. The van der Waals surface area contributed by atoms with E-state index in [4.69, 9.17) is 90.0 Å². The fraction of sp³-hybridized carbons (Fsp3) is 0.533. The number of ether oxygens (including phenoxy) is 19. The Morgan fingerprint density at radius 3 is 1.16 bits per heavy atom. The van der Waals surface area contributed by atoms with Crippen molar-refractivity contribution in [1.82, 2.24) is 0 Å². The minimum absolute atomic E-state index is 0.0645. The van der Waals surface area contributed by atoms with Gasteiger partial charge in [0.2, 0.25) is 0 Å². The lowest BCUT2D eigenvalue weighted by atomic mass is 9.97. The molecule has 90 heavy (non-hydrogen) atoms. The molecule has 0 bridgehead atoms. The minimum Gasteiger partial charge on any atom is -0.463 e. The van der Waals surface area contributed by atoms with E-state index in [0.717, 1.165) is 48.5 Å². The second-order valence-corrected chi connectivity index (χ2v) is 20.9. The van der Waals surface area contributed by atoms with Crippen LogP contribution in [0.25, 0.3) is 0 Å². The number of esters is 10. The number of carbonyl (C=O) groups is 10. The number of aliphatic hydroxyl groups excluding tert-OH is 1. The monoisotopic (exact) mass is 1270 g/mol. The smallest absolute Gasteiger partial charge is 0.338 e. The van der Waals surface area contributed by atoms with E-state index >= 15 is 0 Å². The third-order valence-corrected chi connectivity index (χ3v) is 14.0. The Morgan fingerprint density at radius 1 is 0.356 bits per heavy atom. The highest BCUT2D eigenvalue weighted by Gasteiger charge is 2.60. The van der Waals surface area contributed by atoms with Crippen molar-refractivity contribution in [1.29, 1.82) is 0 Å². The first-order valence-electron chi connectivity index (χ1n) is 28.3. The van der Waals surface area contributed by atoms with Gasteiger partial charge in [0.15, 0.2) is 80.3 Å². The highest BCUT2D eigenvalue weighted by molar-refractivity contribution is 5.91. The van der Waals surface area contributed by atoms with Gasteiger partial charge in [0.25, 0.3) is 0 Å². The first kappa shape index (κ1) is 67.9. The Bertz CT molecular complexity index is 3000. The standard InChI is InChI=1S/C60H68O30/c1-28(61)72-25-40-44(76-29(2)62)48(78-31(4)64)53(81-34(7)67)58(85-40)75-27-42-45(77-30(3)63)49(79-32(5)65)52(80-33(6)66)57(86-42)74-24-39-43(68)47(51-59(84-39)83-35(8)82-51)90-60-50(89-56(71)38-22-16-11-17-23-38)46(88-55(70)37-20-14-10-15-21-37)41(87-60)26-73-54(69)36-18-12-9-13-19-36/h9-23,35,39-53,57-60,68H,24-27H2,1-8H3/t35?,39-,40-,41+,42-,43+,44+,45+,46+,47+,48+,49+,50-,51-,52-,53-,57-,58-,59+,60+/m1/s1. The summed E-state index contributed by atoms with van der Waals surface area (Å²) in [6, 6.07) is 23.5. The average Bonchev–Trinajstić information content (AvgIpc) is 1.37. The molecule has 3 aromatic rings. The molecule has 5 aliphatic heterocycles. The van der Waals surface area contributed by atoms with Crippen molar-refractivity contribution in [2.75, 3.05) is 26.4 Å². The van der Waals surface area contributed by atoms with Gasteiger partial charge in [-0.2, -0.15) is 0 Å². The molecule has 488 valence electrons. The molecular weight excluding hydrogens is 1200 g/mol. The number of rotatable bonds is 23. The quantitative estimate of drug-likeness (QED) is 0.105. The lowest BCUT2D eigenvalue weighted by molar-refractivity contribution is -0.342. The summed E-state index contributed by atoms with van der Waals surface area (Å²) >= 11 is 0. The number of hydrogen-bond donors (Lipinski definition) is 1. The van der Waals surface area contributed by atoms with Gasteiger partial charge in [0.1, 0.15) is 55.9 Å². The van der Waals surface area contributed by atoms with Gasteiger partial charge in [0, 0.05) is 48.5 Å². The van der Waals surface area contributed by atoms with E-state index in [1.807, 2.05) is 0 Å². The zero-order valence-electron chi connectivity index (χ0n) is 49.8. The maximum absolute atomic E-state index is 14.0. The number of aliphatic hydroxyl groups is 1. The summed E-state index contributed by atoms with van der Waals surface area (Å²) in [6.07, 6.45) is -32.3. The summed E-state index contributed by atoms with van der Waals surface area (Å²) in [5.41, 5.74) is 0.321. The van der Waals surface area contributed by atoms with E-state index in [1.54, 1.807) is 54.6 Å². The molecule has 0 amide bonds. The Balaban J connectivity index is 1.10. The molecule has 5 saturated heterocycles. The molecule has 0 aliphatic carbocycles. The Kier molecular flexibility index (Phi) is 23.5. The third-order valence-electron chi connectivity index (χ3n) is 14.0. The molecule has 1 N–H and O–H groups in total. The molecule has 0 saturated carbocycles. The van der Waals surface area contributed by atoms with Crippen LogP contribution >= 0.6 is 0 Å². The van der Waals surface area contributed by atoms with Crippen LogP contribution < -0.4 is 0 Å². The van der Waals surface area contributed by atoms with Crippen molar-refractivity contribution in [3.8, 4) is 0 Å². The first-order valence-corrected chi connectivity index (χ1v) is 28.3. The maximum atomic E-state index is 14.0. The van der Waals surface area contributed by atoms with Gasteiger partial charge in [-0.15, -0.1) is 0 Å². The molecule has 5 fully saturated rings. The van der Waals surface area contributed by atoms with Crippen LogP contribution in [0.4, 0.5) is 0 Å². The van der Waals surface area contributed by atoms with E-state index in [0.29, 0.717) is 0 Å². The molecule has 0 aromatic heterocycles. The lowest BCUT2D eigenvalue weighted by Gasteiger charge is -2.46. The largest absolute Gasteiger partial charge is 0.463 e. The fourth-order valence-electron chi connectivity index (χ4n) is 10.4. The molecule has 30 nitrogen and oxygen atoms in total. The van der Waals surface area contributed by atoms with Gasteiger partial charge >= 0.3 is 59.7 Å². The summed E-state index contributed by atoms with van der Waals surface area (Å²) in [4.78, 5) is 130. The number of benzene rings is 3. The molecule has 5 aliphatic rings. The van der Waals surface area contributed by atoms with Crippen LogP contribution in [0.5, 0.6) is 0 Å². The Hall–Kier alpha value is -8.04. The van der Waals surface area contributed by atoms with Gasteiger partial charge in [-0.3, -0.25) is 33.6 Å². The van der Waals surface area contributed by atoms with Gasteiger partial charge in [-0.1, -0.05) is 54.6 Å². The first-order chi connectivity index (χ1) is 42.9. The fourth-order valence-corrected chi connectivity index (χ4v) is 10.4. The zero-order chi connectivity index (χ0) is 64.9. The van der Waals surface area contributed by atoms with Crippen molar-refractivity contribution in [3.63, 3.8) is 0 Å². The summed E-state index contributed by atoms with van der Waals surface area (Å²) in [7, 11) is 0. The molecule has 8 rings (SSSR count). The number of carbonyl (C=O) groups excluding carboxylic acids is 10. The van der Waals surface area contributed by atoms with E-state index in [-0.39, 0.29) is 16.7 Å². The lowest BCUT2D eigenvalue weighted by Crippen LogP contribution is -2.65. The van der Waals surface area contributed by atoms with Crippen molar-refractivity contribution in [3.05, 3.63) is 108 Å². The second-order valence-electron chi connectivity index (χ2n) is 20.9. The van der Waals surface area contributed by atoms with Crippen LogP contribution in [0.15, 0.2) is 91.0 Å².